The molecular weight excluding hydrogens is 349 g/mol. The van der Waals surface area contributed by atoms with Crippen LogP contribution in [0.25, 0.3) is 0 Å². The minimum Gasteiger partial charge on any atom is -0.316 e. The van der Waals surface area contributed by atoms with E-state index in [-0.39, 0.29) is 5.82 Å². The third-order valence-corrected chi connectivity index (χ3v) is 5.08. The maximum Gasteiger partial charge on any atom is 0.137 e. The number of rotatable bonds is 6. The van der Waals surface area contributed by atoms with E-state index in [0.717, 1.165) is 17.7 Å². The summed E-state index contributed by atoms with van der Waals surface area (Å²) in [4.78, 5) is 1.29. The lowest BCUT2D eigenvalue weighted by atomic mass is 10.1. The Morgan fingerprint density at radius 2 is 2.05 bits per heavy atom. The Bertz CT molecular complexity index is 603. The maximum absolute atomic E-state index is 13.3. The van der Waals surface area contributed by atoms with E-state index in [2.05, 4.69) is 52.4 Å². The number of halogens is 2. The first kappa shape index (κ1) is 16.5. The second-order valence-electron chi connectivity index (χ2n) is 5.07. The van der Waals surface area contributed by atoms with Crippen LogP contribution in [0.3, 0.4) is 0 Å². The van der Waals surface area contributed by atoms with Gasteiger partial charge in [0.05, 0.1) is 4.47 Å². The largest absolute Gasteiger partial charge is 0.316 e. The molecule has 4 heteroatoms. The Labute approximate surface area is 138 Å². The average Bonchev–Trinajstić information content (AvgIpc) is 2.47. The van der Waals surface area contributed by atoms with Crippen LogP contribution < -0.4 is 5.32 Å². The van der Waals surface area contributed by atoms with Crippen molar-refractivity contribution < 1.29 is 4.39 Å². The summed E-state index contributed by atoms with van der Waals surface area (Å²) in [5.74, 6) is 0.767. The fraction of sp³-hybridized carbons (Fsp3) is 0.294. The first-order valence-electron chi connectivity index (χ1n) is 6.89. The van der Waals surface area contributed by atoms with E-state index < -0.39 is 0 Å². The van der Waals surface area contributed by atoms with Crippen LogP contribution in [0.4, 0.5) is 4.39 Å². The zero-order chi connectivity index (χ0) is 15.2. The van der Waals surface area contributed by atoms with Gasteiger partial charge in [0.25, 0.3) is 0 Å². The first-order valence-corrected chi connectivity index (χ1v) is 8.67. The van der Waals surface area contributed by atoms with Gasteiger partial charge in [0.2, 0.25) is 0 Å². The van der Waals surface area contributed by atoms with Crippen LogP contribution >= 0.6 is 27.7 Å². The van der Waals surface area contributed by atoms with Gasteiger partial charge >= 0.3 is 0 Å². The van der Waals surface area contributed by atoms with Crippen molar-refractivity contribution in [3.8, 4) is 0 Å². The van der Waals surface area contributed by atoms with Gasteiger partial charge in [-0.25, -0.2) is 4.39 Å². The first-order chi connectivity index (χ1) is 10.1. The molecule has 0 aliphatic carbocycles. The Morgan fingerprint density at radius 3 is 2.71 bits per heavy atom. The zero-order valence-electron chi connectivity index (χ0n) is 12.2. The molecule has 0 heterocycles. The van der Waals surface area contributed by atoms with Gasteiger partial charge in [-0.05, 0) is 66.2 Å². The highest BCUT2D eigenvalue weighted by molar-refractivity contribution is 9.10. The normalized spacial score (nSPS) is 12.4. The summed E-state index contributed by atoms with van der Waals surface area (Å²) in [6.45, 7) is 2.11. The van der Waals surface area contributed by atoms with Gasteiger partial charge in [-0.3, -0.25) is 0 Å². The number of nitrogens with one attached hydrogen (secondary N) is 1. The fourth-order valence-electron chi connectivity index (χ4n) is 2.10. The predicted octanol–water partition coefficient (Wildman–Crippen LogP) is 4.82. The minimum absolute atomic E-state index is 0.214. The molecule has 1 unspecified atom stereocenters. The van der Waals surface area contributed by atoms with E-state index in [1.54, 1.807) is 0 Å². The van der Waals surface area contributed by atoms with Crippen LogP contribution in [0.1, 0.15) is 11.1 Å². The molecule has 0 spiro atoms. The molecule has 0 aliphatic heterocycles. The van der Waals surface area contributed by atoms with Gasteiger partial charge in [-0.15, -0.1) is 11.8 Å². The molecule has 0 saturated carbocycles. The van der Waals surface area contributed by atoms with E-state index in [9.17, 15) is 4.39 Å². The highest BCUT2D eigenvalue weighted by Gasteiger charge is 2.10. The van der Waals surface area contributed by atoms with Crippen molar-refractivity contribution in [2.75, 3.05) is 12.8 Å². The van der Waals surface area contributed by atoms with Crippen molar-refractivity contribution in [3.63, 3.8) is 0 Å². The number of hydrogen-bond donors (Lipinski definition) is 1. The lowest BCUT2D eigenvalue weighted by Crippen LogP contribution is -2.30. The summed E-state index contributed by atoms with van der Waals surface area (Å²) >= 11 is 5.09. The number of thioether (sulfide) groups is 1. The van der Waals surface area contributed by atoms with Crippen molar-refractivity contribution in [2.45, 2.75) is 24.3 Å². The summed E-state index contributed by atoms with van der Waals surface area (Å²) in [5, 5.41) is 3.34. The molecule has 0 aromatic heterocycles. The van der Waals surface area contributed by atoms with E-state index in [1.807, 2.05) is 30.9 Å². The monoisotopic (exact) mass is 367 g/mol. The van der Waals surface area contributed by atoms with E-state index >= 15 is 0 Å². The average molecular weight is 368 g/mol. The summed E-state index contributed by atoms with van der Waals surface area (Å²) in [7, 11) is 1.97. The molecule has 112 valence electrons. The Morgan fingerprint density at radius 1 is 1.24 bits per heavy atom. The number of hydrogen-bond acceptors (Lipinski definition) is 2. The van der Waals surface area contributed by atoms with Crippen LogP contribution in [-0.4, -0.2) is 18.8 Å². The quantitative estimate of drug-likeness (QED) is 0.734. The molecule has 1 nitrogen and oxygen atoms in total. The van der Waals surface area contributed by atoms with Crippen molar-refractivity contribution in [2.24, 2.45) is 0 Å². The third kappa shape index (κ3) is 5.13. The van der Waals surface area contributed by atoms with Crippen LogP contribution in [0.5, 0.6) is 0 Å². The topological polar surface area (TPSA) is 12.0 Å². The maximum atomic E-state index is 13.3. The van der Waals surface area contributed by atoms with E-state index in [1.165, 1.54) is 16.5 Å². The molecule has 2 aromatic rings. The lowest BCUT2D eigenvalue weighted by molar-refractivity contribution is 0.606. The van der Waals surface area contributed by atoms with Crippen molar-refractivity contribution >= 4 is 27.7 Å². The van der Waals surface area contributed by atoms with Gasteiger partial charge in [0.1, 0.15) is 5.82 Å². The van der Waals surface area contributed by atoms with Crippen molar-refractivity contribution in [1.82, 2.24) is 5.32 Å². The molecule has 21 heavy (non-hydrogen) atoms. The lowest BCUT2D eigenvalue weighted by Gasteiger charge is -2.16. The highest BCUT2D eigenvalue weighted by Crippen LogP contribution is 2.22. The molecule has 0 bridgehead atoms. The van der Waals surface area contributed by atoms with Gasteiger partial charge < -0.3 is 5.32 Å². The SMILES string of the molecule is CNC(CSc1cccc(C)c1)Cc1ccc(F)c(Br)c1. The summed E-state index contributed by atoms with van der Waals surface area (Å²) in [5.41, 5.74) is 2.41. The summed E-state index contributed by atoms with van der Waals surface area (Å²) < 4.78 is 13.8. The van der Waals surface area contributed by atoms with Crippen LogP contribution in [-0.2, 0) is 6.42 Å². The zero-order valence-corrected chi connectivity index (χ0v) is 14.6. The van der Waals surface area contributed by atoms with Gasteiger partial charge in [0.15, 0.2) is 0 Å². The van der Waals surface area contributed by atoms with E-state index in [0.29, 0.717) is 10.5 Å². The molecule has 2 rings (SSSR count). The molecule has 1 atom stereocenters. The second-order valence-corrected chi connectivity index (χ2v) is 7.01. The second kappa shape index (κ2) is 7.97. The molecule has 0 saturated heterocycles. The predicted molar refractivity (Wildman–Crippen MR) is 92.6 cm³/mol. The number of benzene rings is 2. The standard InChI is InChI=1S/C17H19BrFNS/c1-12-4-3-5-15(8-12)21-11-14(20-2)9-13-6-7-17(19)16(18)10-13/h3-8,10,14,20H,9,11H2,1-2H3. The fourth-order valence-corrected chi connectivity index (χ4v) is 3.65. The van der Waals surface area contributed by atoms with Gasteiger partial charge in [-0.1, -0.05) is 23.8 Å². The number of aryl methyl sites for hydroxylation is 1. The molecule has 1 N–H and O–H groups in total. The Balaban J connectivity index is 1.95. The molecule has 0 aliphatic rings. The Kier molecular flexibility index (Phi) is 6.27. The number of likely N-dealkylation sites (N-methyl/N-ethyl adjacent to an activating group) is 1. The van der Waals surface area contributed by atoms with Gasteiger partial charge in [-0.2, -0.15) is 0 Å². The summed E-state index contributed by atoms with van der Waals surface area (Å²) in [6, 6.07) is 14.1. The van der Waals surface area contributed by atoms with Gasteiger partial charge in [0, 0.05) is 16.7 Å². The molecular formula is C17H19BrFNS. The molecule has 0 fully saturated rings. The smallest absolute Gasteiger partial charge is 0.137 e. The van der Waals surface area contributed by atoms with Crippen LogP contribution in [0.2, 0.25) is 0 Å². The highest BCUT2D eigenvalue weighted by atomic mass is 79.9. The minimum atomic E-state index is -0.214. The molecule has 0 radical (unpaired) electrons. The Hall–Kier alpha value is -0.840. The van der Waals surface area contributed by atoms with Crippen LogP contribution in [0.15, 0.2) is 51.8 Å². The van der Waals surface area contributed by atoms with Crippen molar-refractivity contribution in [1.29, 1.82) is 0 Å². The molecule has 2 aromatic carbocycles. The third-order valence-electron chi connectivity index (χ3n) is 3.32. The summed E-state index contributed by atoms with van der Waals surface area (Å²) in [6.07, 6.45) is 0.883. The molecule has 0 amide bonds. The van der Waals surface area contributed by atoms with Crippen molar-refractivity contribution in [3.05, 3.63) is 63.9 Å². The van der Waals surface area contributed by atoms with Crippen LogP contribution in [0, 0.1) is 12.7 Å². The van der Waals surface area contributed by atoms with E-state index in [4.69, 9.17) is 0 Å².